The van der Waals surface area contributed by atoms with Gasteiger partial charge in [0.2, 0.25) is 11.8 Å². The number of amides is 2. The van der Waals surface area contributed by atoms with Gasteiger partial charge in [0.15, 0.2) is 0 Å². The van der Waals surface area contributed by atoms with E-state index in [1.165, 1.54) is 4.90 Å². The zero-order valence-electron chi connectivity index (χ0n) is 11.0. The molecule has 0 atom stereocenters. The van der Waals surface area contributed by atoms with E-state index in [1.54, 1.807) is 18.2 Å². The topological polar surface area (TPSA) is 37.4 Å². The number of halogens is 2. The Hall–Kier alpha value is -0.870. The minimum absolute atomic E-state index is 0.0802. The molecule has 0 aromatic heterocycles. The Kier molecular flexibility index (Phi) is 3.63. The molecule has 1 aromatic carbocycles. The quantitative estimate of drug-likeness (QED) is 0.703. The summed E-state index contributed by atoms with van der Waals surface area (Å²) in [5.41, 5.74) is 0.410. The van der Waals surface area contributed by atoms with E-state index >= 15 is 0 Å². The molecule has 3 nitrogen and oxygen atoms in total. The normalized spacial score (nSPS) is 21.8. The van der Waals surface area contributed by atoms with Crippen LogP contribution in [0.25, 0.3) is 0 Å². The highest BCUT2D eigenvalue weighted by atomic mass is 79.9. The first-order valence-corrected chi connectivity index (χ1v) is 7.99. The molecule has 5 heteroatoms. The minimum Gasteiger partial charge on any atom is -0.274 e. The van der Waals surface area contributed by atoms with Crippen LogP contribution in [0.3, 0.4) is 0 Å². The molecule has 1 saturated heterocycles. The van der Waals surface area contributed by atoms with E-state index in [0.717, 1.165) is 30.2 Å². The molecule has 0 radical (unpaired) electrons. The predicted octanol–water partition coefficient (Wildman–Crippen LogP) is 4.32. The van der Waals surface area contributed by atoms with Gasteiger partial charge in [-0.1, -0.05) is 40.4 Å². The number of carbonyl (C=O) groups excluding carboxylic acids is 2. The van der Waals surface area contributed by atoms with Crippen LogP contribution in [0.2, 0.25) is 5.02 Å². The third-order valence-corrected chi connectivity index (χ3v) is 5.18. The Balaban J connectivity index is 1.93. The lowest BCUT2D eigenvalue weighted by Gasteiger charge is -2.37. The highest BCUT2D eigenvalue weighted by Crippen LogP contribution is 2.48. The lowest BCUT2D eigenvalue weighted by molar-refractivity contribution is -0.133. The fraction of sp³-hybridized carbons (Fsp3) is 0.467. The second kappa shape index (κ2) is 5.15. The number of benzene rings is 1. The van der Waals surface area contributed by atoms with Crippen LogP contribution in [0.15, 0.2) is 22.7 Å². The number of nitrogens with zero attached hydrogens (tertiary/aromatic N) is 1. The van der Waals surface area contributed by atoms with E-state index in [0.29, 0.717) is 23.6 Å². The Morgan fingerprint density at radius 1 is 1.10 bits per heavy atom. The molecule has 0 unspecified atom stereocenters. The Morgan fingerprint density at radius 2 is 1.70 bits per heavy atom. The molecule has 1 spiro atoms. The van der Waals surface area contributed by atoms with Gasteiger partial charge in [-0.05, 0) is 36.5 Å². The minimum atomic E-state index is -0.122. The van der Waals surface area contributed by atoms with Gasteiger partial charge in [0.05, 0.1) is 10.7 Å². The zero-order valence-corrected chi connectivity index (χ0v) is 13.3. The standard InChI is InChI=1S/C15H15BrClNO2/c16-10-3-4-11(17)12(7-10)18-13(19)8-15(9-14(18)20)5-1-2-6-15/h3-4,7H,1-2,5-6,8-9H2. The van der Waals surface area contributed by atoms with Gasteiger partial charge in [-0.25, -0.2) is 4.90 Å². The fourth-order valence-corrected chi connectivity index (χ4v) is 3.96. The van der Waals surface area contributed by atoms with Crippen molar-refractivity contribution in [2.24, 2.45) is 5.41 Å². The van der Waals surface area contributed by atoms with E-state index in [2.05, 4.69) is 15.9 Å². The second-order valence-corrected chi connectivity index (χ2v) is 7.10. The number of carbonyl (C=O) groups is 2. The first kappa shape index (κ1) is 14.1. The summed E-state index contributed by atoms with van der Waals surface area (Å²) in [7, 11) is 0. The van der Waals surface area contributed by atoms with E-state index in [4.69, 9.17) is 11.6 Å². The van der Waals surface area contributed by atoms with Crippen molar-refractivity contribution in [2.45, 2.75) is 38.5 Å². The molecule has 1 heterocycles. The van der Waals surface area contributed by atoms with Crippen molar-refractivity contribution < 1.29 is 9.59 Å². The smallest absolute Gasteiger partial charge is 0.234 e. The first-order valence-electron chi connectivity index (χ1n) is 6.82. The molecule has 3 rings (SSSR count). The van der Waals surface area contributed by atoms with Gasteiger partial charge < -0.3 is 0 Å². The molecule has 0 N–H and O–H groups in total. The average molecular weight is 357 g/mol. The van der Waals surface area contributed by atoms with Gasteiger partial charge in [0, 0.05) is 17.3 Å². The van der Waals surface area contributed by atoms with Crippen molar-refractivity contribution in [3.05, 3.63) is 27.7 Å². The lowest BCUT2D eigenvalue weighted by Crippen LogP contribution is -2.47. The van der Waals surface area contributed by atoms with Crippen LogP contribution in [0.5, 0.6) is 0 Å². The van der Waals surface area contributed by atoms with Gasteiger partial charge in [-0.2, -0.15) is 0 Å². The maximum absolute atomic E-state index is 12.5. The molecule has 1 aliphatic heterocycles. The molecule has 1 saturated carbocycles. The van der Waals surface area contributed by atoms with Crippen molar-refractivity contribution in [1.82, 2.24) is 0 Å². The maximum atomic E-state index is 12.5. The molecule has 2 aliphatic rings. The van der Waals surface area contributed by atoms with Gasteiger partial charge in [-0.15, -0.1) is 0 Å². The molecule has 20 heavy (non-hydrogen) atoms. The van der Waals surface area contributed by atoms with E-state index in [-0.39, 0.29) is 17.2 Å². The number of hydrogen-bond donors (Lipinski definition) is 0. The third-order valence-electron chi connectivity index (χ3n) is 4.36. The zero-order chi connectivity index (χ0) is 14.3. The highest BCUT2D eigenvalue weighted by molar-refractivity contribution is 9.10. The van der Waals surface area contributed by atoms with Crippen LogP contribution in [-0.4, -0.2) is 11.8 Å². The van der Waals surface area contributed by atoms with Gasteiger partial charge in [0.25, 0.3) is 0 Å². The molecule has 2 amide bonds. The van der Waals surface area contributed by atoms with E-state index in [1.807, 2.05) is 0 Å². The van der Waals surface area contributed by atoms with Crippen molar-refractivity contribution in [2.75, 3.05) is 4.90 Å². The molecule has 0 bridgehead atoms. The summed E-state index contributed by atoms with van der Waals surface area (Å²) in [5, 5.41) is 0.428. The van der Waals surface area contributed by atoms with Crippen molar-refractivity contribution >= 4 is 45.0 Å². The summed E-state index contributed by atoms with van der Waals surface area (Å²) in [4.78, 5) is 26.2. The van der Waals surface area contributed by atoms with Crippen molar-refractivity contribution in [3.63, 3.8) is 0 Å². The summed E-state index contributed by atoms with van der Waals surface area (Å²) < 4.78 is 0.804. The summed E-state index contributed by atoms with van der Waals surface area (Å²) in [6, 6.07) is 5.22. The molecular weight excluding hydrogens is 342 g/mol. The summed E-state index contributed by atoms with van der Waals surface area (Å²) in [5.74, 6) is -0.244. The number of imide groups is 1. The first-order chi connectivity index (χ1) is 9.51. The van der Waals surface area contributed by atoms with Crippen molar-refractivity contribution in [3.8, 4) is 0 Å². The third kappa shape index (κ3) is 2.40. The second-order valence-electron chi connectivity index (χ2n) is 5.78. The number of anilines is 1. The molecule has 2 fully saturated rings. The number of hydrogen-bond acceptors (Lipinski definition) is 2. The van der Waals surface area contributed by atoms with Crippen LogP contribution in [0.4, 0.5) is 5.69 Å². The van der Waals surface area contributed by atoms with Crippen LogP contribution in [0.1, 0.15) is 38.5 Å². The van der Waals surface area contributed by atoms with Crippen LogP contribution >= 0.6 is 27.5 Å². The predicted molar refractivity (Wildman–Crippen MR) is 81.8 cm³/mol. The lowest BCUT2D eigenvalue weighted by atomic mass is 9.76. The van der Waals surface area contributed by atoms with E-state index < -0.39 is 0 Å². The average Bonchev–Trinajstić information content (AvgIpc) is 2.80. The molecule has 1 aliphatic carbocycles. The number of piperidine rings is 1. The molecule has 1 aromatic rings. The summed E-state index contributed by atoms with van der Waals surface area (Å²) in [6.45, 7) is 0. The Morgan fingerprint density at radius 3 is 2.30 bits per heavy atom. The van der Waals surface area contributed by atoms with Gasteiger partial charge >= 0.3 is 0 Å². The SMILES string of the molecule is O=C1CC2(CCCC2)CC(=O)N1c1cc(Br)ccc1Cl. The fourth-order valence-electron chi connectivity index (χ4n) is 3.41. The summed E-state index contributed by atoms with van der Waals surface area (Å²) >= 11 is 9.50. The van der Waals surface area contributed by atoms with Crippen molar-refractivity contribution in [1.29, 1.82) is 0 Å². The van der Waals surface area contributed by atoms with Gasteiger partial charge in [-0.3, -0.25) is 9.59 Å². The monoisotopic (exact) mass is 355 g/mol. The molecular formula is C15H15BrClNO2. The van der Waals surface area contributed by atoms with Crippen LogP contribution in [0, 0.1) is 5.41 Å². The van der Waals surface area contributed by atoms with E-state index in [9.17, 15) is 9.59 Å². The number of rotatable bonds is 1. The Bertz CT molecular complexity index is 561. The van der Waals surface area contributed by atoms with Gasteiger partial charge in [0.1, 0.15) is 0 Å². The van der Waals surface area contributed by atoms with Crippen LogP contribution < -0.4 is 4.90 Å². The largest absolute Gasteiger partial charge is 0.274 e. The highest BCUT2D eigenvalue weighted by Gasteiger charge is 2.45. The molecule has 106 valence electrons. The maximum Gasteiger partial charge on any atom is 0.234 e. The van der Waals surface area contributed by atoms with Crippen LogP contribution in [-0.2, 0) is 9.59 Å². The Labute approximate surface area is 131 Å². The summed E-state index contributed by atoms with van der Waals surface area (Å²) in [6.07, 6.45) is 5.15.